The van der Waals surface area contributed by atoms with Crippen LogP contribution in [0.15, 0.2) is 24.3 Å². The van der Waals surface area contributed by atoms with Crippen LogP contribution in [0, 0.1) is 13.8 Å². The van der Waals surface area contributed by atoms with Crippen molar-refractivity contribution in [3.63, 3.8) is 0 Å². The summed E-state index contributed by atoms with van der Waals surface area (Å²) >= 11 is 0. The number of nitrogens with one attached hydrogen (secondary N) is 2. The van der Waals surface area contributed by atoms with Crippen molar-refractivity contribution in [2.24, 2.45) is 0 Å². The molecule has 0 aliphatic carbocycles. The van der Waals surface area contributed by atoms with Crippen LogP contribution in [-0.2, 0) is 4.79 Å². The molecule has 0 unspecified atom stereocenters. The van der Waals surface area contributed by atoms with Crippen LogP contribution in [0.1, 0.15) is 21.7 Å². The van der Waals surface area contributed by atoms with Gasteiger partial charge in [-0.05, 0) is 32.0 Å². The number of anilines is 1. The van der Waals surface area contributed by atoms with Gasteiger partial charge in [-0.1, -0.05) is 6.07 Å². The summed E-state index contributed by atoms with van der Waals surface area (Å²) in [5, 5.41) is 18.3. The van der Waals surface area contributed by atoms with E-state index in [1.165, 1.54) is 12.1 Å². The number of hydrogen-bond acceptors (Lipinski definition) is 4. The Balaban J connectivity index is 1.95. The first-order valence-corrected chi connectivity index (χ1v) is 6.25. The molecule has 0 aliphatic heterocycles. The molecule has 0 radical (unpaired) electrons. The van der Waals surface area contributed by atoms with Gasteiger partial charge in [-0.2, -0.15) is 5.10 Å². The van der Waals surface area contributed by atoms with Gasteiger partial charge >= 0.3 is 5.97 Å². The zero-order chi connectivity index (χ0) is 15.4. The molecule has 1 heterocycles. The number of amides is 1. The SMILES string of the molecule is Cc1n[nH]c(C)c1NC(=O)COc1cccc(C(=O)O)c1. The third-order valence-corrected chi connectivity index (χ3v) is 2.84. The Kier molecular flexibility index (Phi) is 4.22. The van der Waals surface area contributed by atoms with Crippen molar-refractivity contribution < 1.29 is 19.4 Å². The average molecular weight is 289 g/mol. The van der Waals surface area contributed by atoms with Gasteiger partial charge in [-0.15, -0.1) is 0 Å². The number of hydrogen-bond donors (Lipinski definition) is 3. The Morgan fingerprint density at radius 2 is 2.14 bits per heavy atom. The molecule has 1 aromatic carbocycles. The predicted molar refractivity (Wildman–Crippen MR) is 75.6 cm³/mol. The van der Waals surface area contributed by atoms with E-state index in [-0.39, 0.29) is 18.1 Å². The van der Waals surface area contributed by atoms with Gasteiger partial charge in [0.2, 0.25) is 0 Å². The Morgan fingerprint density at radius 3 is 2.76 bits per heavy atom. The number of ether oxygens (including phenoxy) is 1. The van der Waals surface area contributed by atoms with E-state index in [1.54, 1.807) is 26.0 Å². The second-order valence-corrected chi connectivity index (χ2v) is 4.48. The Hall–Kier alpha value is -2.83. The average Bonchev–Trinajstić information content (AvgIpc) is 2.77. The summed E-state index contributed by atoms with van der Waals surface area (Å²) in [6, 6.07) is 5.96. The van der Waals surface area contributed by atoms with E-state index in [0.717, 1.165) is 5.69 Å². The lowest BCUT2D eigenvalue weighted by Gasteiger charge is -2.08. The Morgan fingerprint density at radius 1 is 1.38 bits per heavy atom. The second-order valence-electron chi connectivity index (χ2n) is 4.48. The van der Waals surface area contributed by atoms with Crippen LogP contribution >= 0.6 is 0 Å². The van der Waals surface area contributed by atoms with E-state index >= 15 is 0 Å². The molecule has 0 spiro atoms. The van der Waals surface area contributed by atoms with Crippen LogP contribution in [0.25, 0.3) is 0 Å². The lowest BCUT2D eigenvalue weighted by molar-refractivity contribution is -0.118. The summed E-state index contributed by atoms with van der Waals surface area (Å²) in [5.74, 6) is -1.07. The number of carboxylic acids is 1. The lowest BCUT2D eigenvalue weighted by atomic mass is 10.2. The molecular weight excluding hydrogens is 274 g/mol. The number of rotatable bonds is 5. The van der Waals surface area contributed by atoms with E-state index in [2.05, 4.69) is 15.5 Å². The Bertz CT molecular complexity index is 659. The van der Waals surface area contributed by atoms with Crippen LogP contribution < -0.4 is 10.1 Å². The molecule has 7 nitrogen and oxygen atoms in total. The summed E-state index contributed by atoms with van der Waals surface area (Å²) in [6.45, 7) is 3.36. The molecule has 110 valence electrons. The van der Waals surface area contributed by atoms with Gasteiger partial charge in [-0.3, -0.25) is 9.89 Å². The molecule has 21 heavy (non-hydrogen) atoms. The monoisotopic (exact) mass is 289 g/mol. The number of benzene rings is 1. The van der Waals surface area contributed by atoms with Crippen molar-refractivity contribution in [2.75, 3.05) is 11.9 Å². The van der Waals surface area contributed by atoms with E-state index in [4.69, 9.17) is 9.84 Å². The van der Waals surface area contributed by atoms with Crippen molar-refractivity contribution in [1.82, 2.24) is 10.2 Å². The van der Waals surface area contributed by atoms with Crippen LogP contribution in [0.3, 0.4) is 0 Å². The fraction of sp³-hybridized carbons (Fsp3) is 0.214. The maximum absolute atomic E-state index is 11.8. The quantitative estimate of drug-likeness (QED) is 0.777. The predicted octanol–water partition coefficient (Wildman–Crippen LogP) is 1.74. The van der Waals surface area contributed by atoms with Crippen molar-refractivity contribution in [1.29, 1.82) is 0 Å². The number of aromatic carboxylic acids is 1. The van der Waals surface area contributed by atoms with Gasteiger partial charge in [0.05, 0.1) is 22.6 Å². The molecule has 1 aromatic heterocycles. The van der Waals surface area contributed by atoms with Gasteiger partial charge in [0, 0.05) is 0 Å². The number of aryl methyl sites for hydroxylation is 2. The highest BCUT2D eigenvalue weighted by Crippen LogP contribution is 2.16. The highest BCUT2D eigenvalue weighted by atomic mass is 16.5. The van der Waals surface area contributed by atoms with Crippen molar-refractivity contribution in [3.8, 4) is 5.75 Å². The second kappa shape index (κ2) is 6.08. The molecule has 0 bridgehead atoms. The third kappa shape index (κ3) is 3.59. The molecular formula is C14H15N3O4. The molecule has 0 atom stereocenters. The summed E-state index contributed by atoms with van der Waals surface area (Å²) in [6.07, 6.45) is 0. The minimum Gasteiger partial charge on any atom is -0.484 e. The molecule has 2 aromatic rings. The first-order valence-electron chi connectivity index (χ1n) is 6.25. The zero-order valence-corrected chi connectivity index (χ0v) is 11.6. The van der Waals surface area contributed by atoms with E-state index < -0.39 is 5.97 Å². The third-order valence-electron chi connectivity index (χ3n) is 2.84. The number of nitrogens with zero attached hydrogens (tertiary/aromatic N) is 1. The van der Waals surface area contributed by atoms with Gasteiger partial charge in [-0.25, -0.2) is 4.79 Å². The number of H-pyrrole nitrogens is 1. The van der Waals surface area contributed by atoms with Crippen LogP contribution in [-0.4, -0.2) is 33.8 Å². The first-order chi connectivity index (χ1) is 9.97. The van der Waals surface area contributed by atoms with E-state index in [9.17, 15) is 9.59 Å². The normalized spacial score (nSPS) is 10.2. The first kappa shape index (κ1) is 14.6. The molecule has 0 fully saturated rings. The summed E-state index contributed by atoms with van der Waals surface area (Å²) in [5.41, 5.74) is 2.18. The van der Waals surface area contributed by atoms with Gasteiger partial charge in [0.25, 0.3) is 5.91 Å². The molecule has 0 aliphatic rings. The van der Waals surface area contributed by atoms with Gasteiger partial charge < -0.3 is 15.2 Å². The molecule has 0 saturated heterocycles. The largest absolute Gasteiger partial charge is 0.484 e. The summed E-state index contributed by atoms with van der Waals surface area (Å²) in [7, 11) is 0. The van der Waals surface area contributed by atoms with E-state index in [0.29, 0.717) is 17.1 Å². The number of aromatic nitrogens is 2. The lowest BCUT2D eigenvalue weighted by Crippen LogP contribution is -2.20. The Labute approximate surface area is 120 Å². The fourth-order valence-corrected chi connectivity index (χ4v) is 1.78. The smallest absolute Gasteiger partial charge is 0.335 e. The number of carbonyl (C=O) groups is 2. The molecule has 3 N–H and O–H groups in total. The summed E-state index contributed by atoms with van der Waals surface area (Å²) in [4.78, 5) is 22.6. The topological polar surface area (TPSA) is 104 Å². The van der Waals surface area contributed by atoms with Crippen LogP contribution in [0.2, 0.25) is 0 Å². The van der Waals surface area contributed by atoms with E-state index in [1.807, 2.05) is 0 Å². The molecule has 1 amide bonds. The van der Waals surface area contributed by atoms with Gasteiger partial charge in [0.15, 0.2) is 6.61 Å². The van der Waals surface area contributed by atoms with Gasteiger partial charge in [0.1, 0.15) is 5.75 Å². The molecule has 2 rings (SSSR count). The van der Waals surface area contributed by atoms with Crippen LogP contribution in [0.4, 0.5) is 5.69 Å². The highest BCUT2D eigenvalue weighted by Gasteiger charge is 2.11. The zero-order valence-electron chi connectivity index (χ0n) is 11.6. The van der Waals surface area contributed by atoms with Crippen LogP contribution in [0.5, 0.6) is 5.75 Å². The van der Waals surface area contributed by atoms with Crippen molar-refractivity contribution in [2.45, 2.75) is 13.8 Å². The maximum Gasteiger partial charge on any atom is 0.335 e. The number of carbonyl (C=O) groups excluding carboxylic acids is 1. The molecule has 7 heteroatoms. The minimum absolute atomic E-state index is 0.106. The number of aromatic amines is 1. The minimum atomic E-state index is -1.05. The summed E-state index contributed by atoms with van der Waals surface area (Å²) < 4.78 is 5.28. The number of carboxylic acid groups (broad SMARTS) is 1. The maximum atomic E-state index is 11.8. The molecule has 0 saturated carbocycles. The fourth-order valence-electron chi connectivity index (χ4n) is 1.78. The highest BCUT2D eigenvalue weighted by molar-refractivity contribution is 5.93. The van der Waals surface area contributed by atoms with Crippen molar-refractivity contribution >= 4 is 17.6 Å². The van der Waals surface area contributed by atoms with Crippen molar-refractivity contribution in [3.05, 3.63) is 41.2 Å². The standard InChI is InChI=1S/C14H15N3O4/c1-8-13(9(2)17-16-8)15-12(18)7-21-11-5-3-4-10(6-11)14(19)20/h3-6H,7H2,1-2H3,(H,15,18)(H,16,17)(H,19,20).